The molecule has 2 amide bonds. The summed E-state index contributed by atoms with van der Waals surface area (Å²) in [7, 11) is 3.37. The van der Waals surface area contributed by atoms with Gasteiger partial charge in [-0.1, -0.05) is 18.2 Å². The molecule has 0 aromatic heterocycles. The SMILES string of the molecule is CN(C)C(CNC(=O)CCN1C(=O)COc2ccccc21)c1c(F)cccc1F. The molecule has 0 aliphatic carbocycles. The van der Waals surface area contributed by atoms with Crippen LogP contribution in [0.15, 0.2) is 42.5 Å². The van der Waals surface area contributed by atoms with Gasteiger partial charge < -0.3 is 19.9 Å². The molecule has 2 aromatic carbocycles. The predicted octanol–water partition coefficient (Wildman–Crippen LogP) is 2.50. The third-order valence-corrected chi connectivity index (χ3v) is 4.82. The summed E-state index contributed by atoms with van der Waals surface area (Å²) in [6.07, 6.45) is 0.0555. The molecule has 8 heteroatoms. The Labute approximate surface area is 168 Å². The zero-order valence-corrected chi connectivity index (χ0v) is 16.3. The summed E-state index contributed by atoms with van der Waals surface area (Å²) >= 11 is 0. The van der Waals surface area contributed by atoms with Gasteiger partial charge in [0.1, 0.15) is 17.4 Å². The first kappa shape index (κ1) is 20.7. The number of carbonyl (C=O) groups excluding carboxylic acids is 2. The minimum atomic E-state index is -0.661. The molecular formula is C21H23F2N3O3. The van der Waals surface area contributed by atoms with Crippen molar-refractivity contribution in [1.29, 1.82) is 0 Å². The molecule has 1 atom stereocenters. The molecule has 1 heterocycles. The van der Waals surface area contributed by atoms with Crippen LogP contribution in [0.2, 0.25) is 0 Å². The van der Waals surface area contributed by atoms with Gasteiger partial charge in [0, 0.05) is 25.1 Å². The van der Waals surface area contributed by atoms with Crippen LogP contribution >= 0.6 is 0 Å². The van der Waals surface area contributed by atoms with Gasteiger partial charge in [-0.3, -0.25) is 9.59 Å². The molecule has 0 saturated heterocycles. The van der Waals surface area contributed by atoms with E-state index in [0.717, 1.165) is 0 Å². The normalized spacial score (nSPS) is 14.4. The maximum atomic E-state index is 14.1. The van der Waals surface area contributed by atoms with Crippen LogP contribution in [0.5, 0.6) is 5.75 Å². The van der Waals surface area contributed by atoms with Crippen molar-refractivity contribution in [2.75, 3.05) is 38.7 Å². The highest BCUT2D eigenvalue weighted by molar-refractivity contribution is 5.98. The summed E-state index contributed by atoms with van der Waals surface area (Å²) in [5.41, 5.74) is 0.534. The first-order chi connectivity index (χ1) is 13.9. The van der Waals surface area contributed by atoms with Crippen LogP contribution in [0.4, 0.5) is 14.5 Å². The van der Waals surface area contributed by atoms with Crippen molar-refractivity contribution < 1.29 is 23.1 Å². The first-order valence-corrected chi connectivity index (χ1v) is 9.27. The smallest absolute Gasteiger partial charge is 0.265 e. The lowest BCUT2D eigenvalue weighted by molar-refractivity contribution is -0.122. The van der Waals surface area contributed by atoms with Crippen molar-refractivity contribution in [3.63, 3.8) is 0 Å². The number of para-hydroxylation sites is 2. The van der Waals surface area contributed by atoms with E-state index in [0.29, 0.717) is 11.4 Å². The van der Waals surface area contributed by atoms with Crippen LogP contribution in [0.25, 0.3) is 0 Å². The van der Waals surface area contributed by atoms with Gasteiger partial charge in [0.25, 0.3) is 5.91 Å². The van der Waals surface area contributed by atoms with Gasteiger partial charge >= 0.3 is 0 Å². The number of hydrogen-bond acceptors (Lipinski definition) is 4. The number of halogens is 2. The second-order valence-corrected chi connectivity index (χ2v) is 6.97. The second kappa shape index (κ2) is 9.00. The quantitative estimate of drug-likeness (QED) is 0.772. The zero-order chi connectivity index (χ0) is 21.0. The van der Waals surface area contributed by atoms with Crippen LogP contribution in [0, 0.1) is 11.6 Å². The fourth-order valence-corrected chi connectivity index (χ4v) is 3.28. The molecule has 0 saturated carbocycles. The Morgan fingerprint density at radius 1 is 1.17 bits per heavy atom. The number of fused-ring (bicyclic) bond motifs is 1. The molecule has 0 bridgehead atoms. The summed E-state index contributed by atoms with van der Waals surface area (Å²) in [4.78, 5) is 27.7. The highest BCUT2D eigenvalue weighted by atomic mass is 19.1. The fourth-order valence-electron chi connectivity index (χ4n) is 3.28. The molecule has 1 aliphatic rings. The number of rotatable bonds is 7. The number of ether oxygens (including phenoxy) is 1. The maximum absolute atomic E-state index is 14.1. The Kier molecular flexibility index (Phi) is 6.43. The van der Waals surface area contributed by atoms with Crippen molar-refractivity contribution in [3.8, 4) is 5.75 Å². The summed E-state index contributed by atoms with van der Waals surface area (Å²) < 4.78 is 33.6. The van der Waals surface area contributed by atoms with E-state index in [9.17, 15) is 18.4 Å². The Morgan fingerprint density at radius 2 is 1.86 bits per heavy atom. The van der Waals surface area contributed by atoms with Crippen LogP contribution < -0.4 is 15.0 Å². The van der Waals surface area contributed by atoms with Gasteiger partial charge in [-0.05, 0) is 38.4 Å². The van der Waals surface area contributed by atoms with E-state index < -0.39 is 17.7 Å². The largest absolute Gasteiger partial charge is 0.482 e. The van der Waals surface area contributed by atoms with E-state index >= 15 is 0 Å². The Bertz CT molecular complexity index is 884. The summed E-state index contributed by atoms with van der Waals surface area (Å²) in [6, 6.07) is 10.1. The lowest BCUT2D eigenvalue weighted by atomic mass is 10.0. The third-order valence-electron chi connectivity index (χ3n) is 4.82. The molecule has 2 aromatic rings. The number of nitrogens with zero attached hydrogens (tertiary/aromatic N) is 2. The molecule has 3 rings (SSSR count). The topological polar surface area (TPSA) is 61.9 Å². The molecule has 1 aliphatic heterocycles. The van der Waals surface area contributed by atoms with Gasteiger partial charge in [-0.2, -0.15) is 0 Å². The van der Waals surface area contributed by atoms with E-state index in [4.69, 9.17) is 4.74 Å². The van der Waals surface area contributed by atoms with E-state index in [1.807, 2.05) is 6.07 Å². The van der Waals surface area contributed by atoms with Crippen molar-refractivity contribution in [3.05, 3.63) is 59.7 Å². The Balaban J connectivity index is 1.61. The monoisotopic (exact) mass is 403 g/mol. The first-order valence-electron chi connectivity index (χ1n) is 9.27. The number of likely N-dealkylation sites (N-methyl/N-ethyl adjacent to an activating group) is 1. The molecule has 154 valence electrons. The number of carbonyl (C=O) groups is 2. The number of anilines is 1. The number of hydrogen-bond donors (Lipinski definition) is 1. The second-order valence-electron chi connectivity index (χ2n) is 6.97. The zero-order valence-electron chi connectivity index (χ0n) is 16.3. The van der Waals surface area contributed by atoms with Crippen LogP contribution in [0.3, 0.4) is 0 Å². The van der Waals surface area contributed by atoms with Crippen LogP contribution in [-0.4, -0.2) is 50.5 Å². The van der Waals surface area contributed by atoms with Crippen molar-refractivity contribution in [2.24, 2.45) is 0 Å². The lowest BCUT2D eigenvalue weighted by Crippen LogP contribution is -2.42. The van der Waals surface area contributed by atoms with E-state index in [-0.39, 0.29) is 43.5 Å². The van der Waals surface area contributed by atoms with Crippen LogP contribution in [-0.2, 0) is 9.59 Å². The number of nitrogens with one attached hydrogen (secondary N) is 1. The summed E-state index contributed by atoms with van der Waals surface area (Å²) in [6.45, 7) is 0.150. The van der Waals surface area contributed by atoms with Crippen molar-refractivity contribution >= 4 is 17.5 Å². The van der Waals surface area contributed by atoms with E-state index in [2.05, 4.69) is 5.32 Å². The Hall–Kier alpha value is -3.00. The third kappa shape index (κ3) is 4.71. The highest BCUT2D eigenvalue weighted by Crippen LogP contribution is 2.31. The lowest BCUT2D eigenvalue weighted by Gasteiger charge is -2.29. The number of amides is 2. The minimum absolute atomic E-state index is 0.0390. The summed E-state index contributed by atoms with van der Waals surface area (Å²) in [5.74, 6) is -1.27. The van der Waals surface area contributed by atoms with Gasteiger partial charge in [-0.15, -0.1) is 0 Å². The predicted molar refractivity (Wildman–Crippen MR) is 105 cm³/mol. The van der Waals surface area contributed by atoms with Gasteiger partial charge in [0.05, 0.1) is 11.7 Å². The standard InChI is InChI=1S/C21H23F2N3O3/c1-25(2)17(21-14(22)6-5-7-15(21)23)12-24-19(27)10-11-26-16-8-3-4-9-18(16)29-13-20(26)28/h3-9,17H,10-13H2,1-2H3,(H,24,27). The van der Waals surface area contributed by atoms with Crippen molar-refractivity contribution in [1.82, 2.24) is 10.2 Å². The van der Waals surface area contributed by atoms with Gasteiger partial charge in [0.15, 0.2) is 6.61 Å². The van der Waals surface area contributed by atoms with Gasteiger partial charge in [0.2, 0.25) is 5.91 Å². The average molecular weight is 403 g/mol. The molecule has 1 unspecified atom stereocenters. The van der Waals surface area contributed by atoms with Crippen molar-refractivity contribution in [2.45, 2.75) is 12.5 Å². The molecule has 6 nitrogen and oxygen atoms in total. The molecule has 1 N–H and O–H groups in total. The Morgan fingerprint density at radius 3 is 2.55 bits per heavy atom. The van der Waals surface area contributed by atoms with Gasteiger partial charge in [-0.25, -0.2) is 8.78 Å². The molecule has 29 heavy (non-hydrogen) atoms. The van der Waals surface area contributed by atoms with E-state index in [1.54, 1.807) is 37.2 Å². The van der Waals surface area contributed by atoms with E-state index in [1.165, 1.54) is 23.1 Å². The average Bonchev–Trinajstić information content (AvgIpc) is 2.69. The highest BCUT2D eigenvalue weighted by Gasteiger charge is 2.26. The molecule has 0 radical (unpaired) electrons. The number of benzene rings is 2. The fraction of sp³-hybridized carbons (Fsp3) is 0.333. The molecule has 0 spiro atoms. The maximum Gasteiger partial charge on any atom is 0.265 e. The van der Waals surface area contributed by atoms with Crippen LogP contribution in [0.1, 0.15) is 18.0 Å². The molecular weight excluding hydrogens is 380 g/mol. The minimum Gasteiger partial charge on any atom is -0.482 e. The molecule has 0 fully saturated rings. The summed E-state index contributed by atoms with van der Waals surface area (Å²) in [5, 5.41) is 2.71.